The Kier molecular flexibility index (Phi) is 2.85. The standard InChI is InChI=1S/C14H16ClNO/c1-10-2-5-13(17-10)9-16-7-6-11-3-4-12(15)8-14(11)16/h3-4,6-8,10,13H,2,5,9H2,1H3. The predicted octanol–water partition coefficient (Wildman–Crippen LogP) is 3.86. The lowest BCUT2D eigenvalue weighted by molar-refractivity contribution is 0.0465. The van der Waals surface area contributed by atoms with E-state index in [0.29, 0.717) is 12.2 Å². The normalized spacial score (nSPS) is 24.6. The van der Waals surface area contributed by atoms with Gasteiger partial charge in [-0.1, -0.05) is 17.7 Å². The molecule has 0 aliphatic carbocycles. The molecule has 0 saturated carbocycles. The molecule has 0 radical (unpaired) electrons. The summed E-state index contributed by atoms with van der Waals surface area (Å²) in [6, 6.07) is 8.15. The Balaban J connectivity index is 1.87. The molecule has 90 valence electrons. The SMILES string of the molecule is CC1CCC(Cn2ccc3ccc(Cl)cc32)O1. The highest BCUT2D eigenvalue weighted by atomic mass is 35.5. The van der Waals surface area contributed by atoms with E-state index < -0.39 is 0 Å². The van der Waals surface area contributed by atoms with Gasteiger partial charge in [0, 0.05) is 23.3 Å². The summed E-state index contributed by atoms with van der Waals surface area (Å²) in [4.78, 5) is 0. The van der Waals surface area contributed by atoms with Gasteiger partial charge in [-0.15, -0.1) is 0 Å². The highest BCUT2D eigenvalue weighted by Gasteiger charge is 2.22. The molecule has 0 bridgehead atoms. The number of hydrogen-bond acceptors (Lipinski definition) is 1. The number of aromatic nitrogens is 1. The maximum absolute atomic E-state index is 6.04. The van der Waals surface area contributed by atoms with Crippen LogP contribution < -0.4 is 0 Å². The van der Waals surface area contributed by atoms with Crippen LogP contribution in [0.3, 0.4) is 0 Å². The van der Waals surface area contributed by atoms with E-state index in [1.165, 1.54) is 17.3 Å². The Morgan fingerprint density at radius 1 is 1.35 bits per heavy atom. The van der Waals surface area contributed by atoms with Crippen LogP contribution >= 0.6 is 11.6 Å². The molecule has 1 saturated heterocycles. The third-order valence-corrected chi connectivity index (χ3v) is 3.69. The van der Waals surface area contributed by atoms with E-state index in [1.807, 2.05) is 12.1 Å². The summed E-state index contributed by atoms with van der Waals surface area (Å²) in [7, 11) is 0. The molecule has 3 heteroatoms. The Bertz CT molecular complexity index is 534. The van der Waals surface area contributed by atoms with Crippen LogP contribution in [0.4, 0.5) is 0 Å². The summed E-state index contributed by atoms with van der Waals surface area (Å²) in [6.45, 7) is 3.07. The van der Waals surface area contributed by atoms with Gasteiger partial charge in [-0.05, 0) is 43.4 Å². The number of hydrogen-bond donors (Lipinski definition) is 0. The minimum Gasteiger partial charge on any atom is -0.373 e. The first kappa shape index (κ1) is 11.1. The van der Waals surface area contributed by atoms with Crippen LogP contribution in [0.2, 0.25) is 5.02 Å². The van der Waals surface area contributed by atoms with E-state index in [-0.39, 0.29) is 0 Å². The van der Waals surface area contributed by atoms with Crippen molar-refractivity contribution in [1.82, 2.24) is 4.57 Å². The Morgan fingerprint density at radius 3 is 3.00 bits per heavy atom. The van der Waals surface area contributed by atoms with E-state index in [2.05, 4.69) is 29.8 Å². The second kappa shape index (κ2) is 4.35. The molecule has 17 heavy (non-hydrogen) atoms. The lowest BCUT2D eigenvalue weighted by atomic mass is 10.2. The predicted molar refractivity (Wildman–Crippen MR) is 70.5 cm³/mol. The van der Waals surface area contributed by atoms with Crippen LogP contribution in [0.15, 0.2) is 30.5 Å². The highest BCUT2D eigenvalue weighted by molar-refractivity contribution is 6.31. The van der Waals surface area contributed by atoms with Crippen LogP contribution in [0.5, 0.6) is 0 Å². The summed E-state index contributed by atoms with van der Waals surface area (Å²) in [5.41, 5.74) is 1.20. The van der Waals surface area contributed by atoms with Crippen molar-refractivity contribution in [2.24, 2.45) is 0 Å². The van der Waals surface area contributed by atoms with Crippen LogP contribution in [0.1, 0.15) is 19.8 Å². The summed E-state index contributed by atoms with van der Waals surface area (Å²) >= 11 is 6.04. The average Bonchev–Trinajstić information content (AvgIpc) is 2.87. The monoisotopic (exact) mass is 249 g/mol. The van der Waals surface area contributed by atoms with Crippen LogP contribution in [-0.2, 0) is 11.3 Å². The number of fused-ring (bicyclic) bond motifs is 1. The van der Waals surface area contributed by atoms with Gasteiger partial charge in [0.15, 0.2) is 0 Å². The number of rotatable bonds is 2. The molecule has 2 unspecified atom stereocenters. The van der Waals surface area contributed by atoms with Gasteiger partial charge in [-0.3, -0.25) is 0 Å². The number of benzene rings is 1. The van der Waals surface area contributed by atoms with Gasteiger partial charge >= 0.3 is 0 Å². The summed E-state index contributed by atoms with van der Waals surface area (Å²) in [6.07, 6.45) is 5.20. The first-order chi connectivity index (χ1) is 8.22. The number of ether oxygens (including phenoxy) is 1. The van der Waals surface area contributed by atoms with Crippen molar-refractivity contribution in [3.8, 4) is 0 Å². The van der Waals surface area contributed by atoms with Gasteiger partial charge < -0.3 is 9.30 Å². The molecule has 2 aromatic rings. The fourth-order valence-electron chi connectivity index (χ4n) is 2.56. The van der Waals surface area contributed by atoms with Crippen LogP contribution in [0.25, 0.3) is 10.9 Å². The Labute approximate surface area is 106 Å². The van der Waals surface area contributed by atoms with Gasteiger partial charge in [0.25, 0.3) is 0 Å². The van der Waals surface area contributed by atoms with Crippen molar-refractivity contribution < 1.29 is 4.74 Å². The van der Waals surface area contributed by atoms with Gasteiger partial charge in [0.1, 0.15) is 0 Å². The fourth-order valence-corrected chi connectivity index (χ4v) is 2.72. The first-order valence-electron chi connectivity index (χ1n) is 6.12. The smallest absolute Gasteiger partial charge is 0.0758 e. The zero-order chi connectivity index (χ0) is 11.8. The summed E-state index contributed by atoms with van der Waals surface area (Å²) < 4.78 is 8.10. The van der Waals surface area contributed by atoms with Crippen molar-refractivity contribution in [3.05, 3.63) is 35.5 Å². The lowest BCUT2D eigenvalue weighted by Gasteiger charge is -2.13. The van der Waals surface area contributed by atoms with E-state index >= 15 is 0 Å². The number of nitrogens with zero attached hydrogens (tertiary/aromatic N) is 1. The molecule has 1 aromatic carbocycles. The molecule has 1 fully saturated rings. The topological polar surface area (TPSA) is 14.2 Å². The zero-order valence-electron chi connectivity index (χ0n) is 9.90. The third kappa shape index (κ3) is 2.20. The highest BCUT2D eigenvalue weighted by Crippen LogP contribution is 2.24. The molecule has 1 aromatic heterocycles. The molecular weight excluding hydrogens is 234 g/mol. The van der Waals surface area contributed by atoms with Crippen LogP contribution in [0, 0.1) is 0 Å². The van der Waals surface area contributed by atoms with Crippen molar-refractivity contribution in [3.63, 3.8) is 0 Å². The van der Waals surface area contributed by atoms with Gasteiger partial charge in [0.2, 0.25) is 0 Å². The molecule has 2 heterocycles. The van der Waals surface area contributed by atoms with Crippen LogP contribution in [-0.4, -0.2) is 16.8 Å². The molecule has 2 nitrogen and oxygen atoms in total. The lowest BCUT2D eigenvalue weighted by Crippen LogP contribution is -2.15. The molecular formula is C14H16ClNO. The minimum absolute atomic E-state index is 0.347. The van der Waals surface area contributed by atoms with Crippen molar-refractivity contribution in [1.29, 1.82) is 0 Å². The van der Waals surface area contributed by atoms with Gasteiger partial charge in [-0.2, -0.15) is 0 Å². The molecule has 2 atom stereocenters. The van der Waals surface area contributed by atoms with Gasteiger partial charge in [-0.25, -0.2) is 0 Å². The zero-order valence-corrected chi connectivity index (χ0v) is 10.7. The maximum Gasteiger partial charge on any atom is 0.0758 e. The number of halogens is 1. The second-order valence-corrected chi connectivity index (χ2v) is 5.25. The van der Waals surface area contributed by atoms with E-state index in [0.717, 1.165) is 18.0 Å². The minimum atomic E-state index is 0.347. The van der Waals surface area contributed by atoms with Crippen molar-refractivity contribution in [2.75, 3.05) is 0 Å². The molecule has 1 aliphatic rings. The first-order valence-corrected chi connectivity index (χ1v) is 6.50. The molecule has 0 spiro atoms. The van der Waals surface area contributed by atoms with Crippen molar-refractivity contribution >= 4 is 22.5 Å². The Hall–Kier alpha value is -0.990. The molecule has 0 N–H and O–H groups in total. The van der Waals surface area contributed by atoms with Gasteiger partial charge in [0.05, 0.1) is 12.2 Å². The largest absolute Gasteiger partial charge is 0.373 e. The molecule has 3 rings (SSSR count). The van der Waals surface area contributed by atoms with E-state index in [4.69, 9.17) is 16.3 Å². The van der Waals surface area contributed by atoms with Crippen molar-refractivity contribution in [2.45, 2.75) is 38.5 Å². The average molecular weight is 250 g/mol. The summed E-state index contributed by atoms with van der Waals surface area (Å²) in [5.74, 6) is 0. The molecule has 0 amide bonds. The second-order valence-electron chi connectivity index (χ2n) is 4.82. The summed E-state index contributed by atoms with van der Waals surface area (Å²) in [5, 5.41) is 2.03. The van der Waals surface area contributed by atoms with E-state index in [1.54, 1.807) is 0 Å². The van der Waals surface area contributed by atoms with E-state index in [9.17, 15) is 0 Å². The quantitative estimate of drug-likeness (QED) is 0.788. The fraction of sp³-hybridized carbons (Fsp3) is 0.429. The maximum atomic E-state index is 6.04. The molecule has 1 aliphatic heterocycles. The third-order valence-electron chi connectivity index (χ3n) is 3.46. The Morgan fingerprint density at radius 2 is 2.24 bits per heavy atom.